The van der Waals surface area contributed by atoms with Crippen LogP contribution in [0.5, 0.6) is 5.88 Å². The first-order valence-corrected chi connectivity index (χ1v) is 12.5. The van der Waals surface area contributed by atoms with E-state index in [2.05, 4.69) is 14.9 Å². The van der Waals surface area contributed by atoms with Gasteiger partial charge < -0.3 is 14.6 Å². The zero-order valence-corrected chi connectivity index (χ0v) is 21.7. The highest BCUT2D eigenvalue weighted by Gasteiger charge is 2.19. The van der Waals surface area contributed by atoms with Crippen molar-refractivity contribution < 1.29 is 4.74 Å². The monoisotopic (exact) mass is 517 g/mol. The van der Waals surface area contributed by atoms with Crippen LogP contribution in [0.3, 0.4) is 0 Å². The number of para-hydroxylation sites is 2. The van der Waals surface area contributed by atoms with Crippen LogP contribution < -0.4 is 15.4 Å². The van der Waals surface area contributed by atoms with Crippen LogP contribution in [0.15, 0.2) is 77.9 Å². The van der Waals surface area contributed by atoms with Crippen molar-refractivity contribution in [1.29, 1.82) is 0 Å². The third-order valence-electron chi connectivity index (χ3n) is 5.57. The van der Waals surface area contributed by atoms with E-state index >= 15 is 0 Å². The fraction of sp³-hybridized carbons (Fsp3) is 0.179. The molecule has 1 aromatic heterocycles. The van der Waals surface area contributed by atoms with Crippen molar-refractivity contribution in [2.75, 3.05) is 11.9 Å². The van der Waals surface area contributed by atoms with Crippen LogP contribution in [0.2, 0.25) is 10.0 Å². The summed E-state index contributed by atoms with van der Waals surface area (Å²) >= 11 is 12.9. The molecule has 182 valence electrons. The van der Waals surface area contributed by atoms with Gasteiger partial charge in [0, 0.05) is 17.3 Å². The zero-order chi connectivity index (χ0) is 25.2. The van der Waals surface area contributed by atoms with E-state index in [0.717, 1.165) is 44.8 Å². The topological polar surface area (TPSA) is 64.3 Å². The van der Waals surface area contributed by atoms with Gasteiger partial charge in [0.2, 0.25) is 5.88 Å². The lowest BCUT2D eigenvalue weighted by atomic mass is 10.1. The first-order valence-electron chi connectivity index (χ1n) is 11.7. The van der Waals surface area contributed by atoms with Crippen molar-refractivity contribution in [2.45, 2.75) is 26.8 Å². The number of fused-ring (bicyclic) bond motifs is 2. The van der Waals surface area contributed by atoms with Crippen LogP contribution in [0.25, 0.3) is 28.1 Å². The molecular formula is C28H25Cl2N5O. The molecule has 2 aromatic carbocycles. The quantitative estimate of drug-likeness (QED) is 0.240. The first-order chi connectivity index (χ1) is 17.4. The van der Waals surface area contributed by atoms with Crippen LogP contribution in [-0.2, 0) is 0 Å². The van der Waals surface area contributed by atoms with Gasteiger partial charge in [-0.15, -0.1) is 0 Å². The van der Waals surface area contributed by atoms with Gasteiger partial charge in [0.1, 0.15) is 5.69 Å². The summed E-state index contributed by atoms with van der Waals surface area (Å²) in [5.74, 6) is 0.532. The normalized spacial score (nSPS) is 12.0. The van der Waals surface area contributed by atoms with Crippen molar-refractivity contribution in [3.8, 4) is 23.0 Å². The lowest BCUT2D eigenvalue weighted by molar-refractivity contribution is 0.329. The Morgan fingerprint density at radius 2 is 1.83 bits per heavy atom. The molecule has 1 aliphatic carbocycles. The van der Waals surface area contributed by atoms with Gasteiger partial charge in [-0.3, -0.25) is 4.99 Å². The second-order valence-electron chi connectivity index (χ2n) is 8.53. The number of nitrogens with zero attached hydrogens (tertiary/aromatic N) is 4. The highest BCUT2D eigenvalue weighted by atomic mass is 35.5. The third-order valence-corrected chi connectivity index (χ3v) is 6.10. The van der Waals surface area contributed by atoms with Crippen LogP contribution in [-0.4, -0.2) is 27.2 Å². The highest BCUT2D eigenvalue weighted by molar-refractivity contribution is 6.35. The Labute approximate surface area is 219 Å². The van der Waals surface area contributed by atoms with Gasteiger partial charge in [0.15, 0.2) is 0 Å². The second kappa shape index (κ2) is 10.2. The second-order valence-corrected chi connectivity index (χ2v) is 9.37. The van der Waals surface area contributed by atoms with Gasteiger partial charge in [-0.25, -0.2) is 9.97 Å². The summed E-state index contributed by atoms with van der Waals surface area (Å²) < 4.78 is 7.83. The van der Waals surface area contributed by atoms with Gasteiger partial charge in [0.05, 0.1) is 50.8 Å². The highest BCUT2D eigenvalue weighted by Crippen LogP contribution is 2.34. The maximum atomic E-state index is 6.69. The van der Waals surface area contributed by atoms with Gasteiger partial charge in [-0.05, 0) is 75.4 Å². The molecule has 2 aliphatic rings. The standard InChI is InChI=1S/C28H25Cl2N5O/c1-4-36-28-21(9-7-13-31-28)34-22-15-24-27(16-23(22)32-17(2)3)35(25-12-11-18(29)14-19(25)30)26-10-6-5-8-20(26)33-24/h5-17,34H,4H2,1-3H3. The lowest BCUT2D eigenvalue weighted by Crippen LogP contribution is -2.17. The fourth-order valence-corrected chi connectivity index (χ4v) is 4.62. The molecule has 0 saturated heterocycles. The molecule has 0 radical (unpaired) electrons. The molecule has 0 saturated carbocycles. The Hall–Kier alpha value is -3.61. The molecule has 0 bridgehead atoms. The molecule has 5 rings (SSSR count). The minimum atomic E-state index is 0.0734. The Balaban J connectivity index is 1.81. The number of benzene rings is 3. The molecule has 0 amide bonds. The summed E-state index contributed by atoms with van der Waals surface area (Å²) in [5.41, 5.74) is 5.80. The predicted octanol–water partition coefficient (Wildman–Crippen LogP) is 7.28. The Morgan fingerprint density at radius 3 is 2.61 bits per heavy atom. The number of nitrogens with one attached hydrogen (secondary N) is 1. The van der Waals surface area contributed by atoms with Gasteiger partial charge in [0.25, 0.3) is 0 Å². The third kappa shape index (κ3) is 4.74. The number of hydrogen-bond acceptors (Lipinski definition) is 5. The molecule has 2 heterocycles. The van der Waals surface area contributed by atoms with Gasteiger partial charge in [-0.2, -0.15) is 0 Å². The van der Waals surface area contributed by atoms with Crippen molar-refractivity contribution in [1.82, 2.24) is 14.5 Å². The minimum Gasteiger partial charge on any atom is -0.476 e. The molecule has 0 unspecified atom stereocenters. The van der Waals surface area contributed by atoms with Crippen LogP contribution in [0.4, 0.5) is 11.4 Å². The Kier molecular flexibility index (Phi) is 6.81. The van der Waals surface area contributed by atoms with E-state index in [0.29, 0.717) is 22.5 Å². The summed E-state index contributed by atoms with van der Waals surface area (Å²) in [5, 5.41) is 5.39. The van der Waals surface area contributed by atoms with Crippen LogP contribution in [0, 0.1) is 0 Å². The maximum absolute atomic E-state index is 6.69. The average molecular weight is 518 g/mol. The predicted molar refractivity (Wildman–Crippen MR) is 147 cm³/mol. The Morgan fingerprint density at radius 1 is 1.00 bits per heavy atom. The van der Waals surface area contributed by atoms with Crippen molar-refractivity contribution in [2.24, 2.45) is 4.99 Å². The first kappa shape index (κ1) is 24.1. The van der Waals surface area contributed by atoms with Gasteiger partial charge >= 0.3 is 0 Å². The Bertz CT molecular complexity index is 1600. The number of aromatic nitrogens is 3. The number of rotatable bonds is 6. The number of pyridine rings is 1. The van der Waals surface area contributed by atoms with Crippen molar-refractivity contribution >= 4 is 45.6 Å². The summed E-state index contributed by atoms with van der Waals surface area (Å²) in [6.07, 6.45) is 1.71. The fourth-order valence-electron chi connectivity index (χ4n) is 4.13. The zero-order valence-electron chi connectivity index (χ0n) is 20.2. The van der Waals surface area contributed by atoms with E-state index in [1.807, 2.05) is 81.4 Å². The molecule has 6 nitrogen and oxygen atoms in total. The van der Waals surface area contributed by atoms with Gasteiger partial charge in [-0.1, -0.05) is 35.3 Å². The smallest absolute Gasteiger partial charge is 0.237 e. The summed E-state index contributed by atoms with van der Waals surface area (Å²) in [4.78, 5) is 14.3. The number of ether oxygens (including phenoxy) is 1. The largest absolute Gasteiger partial charge is 0.476 e. The molecule has 3 aromatic rings. The summed E-state index contributed by atoms with van der Waals surface area (Å²) in [6.45, 7) is 6.55. The lowest BCUT2D eigenvalue weighted by Gasteiger charge is -2.21. The number of anilines is 2. The molecule has 0 atom stereocenters. The van der Waals surface area contributed by atoms with E-state index in [9.17, 15) is 0 Å². The van der Waals surface area contributed by atoms with Crippen molar-refractivity contribution in [3.05, 3.63) is 88.3 Å². The van der Waals surface area contributed by atoms with E-state index in [1.165, 1.54) is 0 Å². The molecule has 8 heteroatoms. The van der Waals surface area contributed by atoms with Crippen molar-refractivity contribution in [3.63, 3.8) is 0 Å². The van der Waals surface area contributed by atoms with E-state index in [1.54, 1.807) is 12.3 Å². The van der Waals surface area contributed by atoms with E-state index in [-0.39, 0.29) is 6.04 Å². The maximum Gasteiger partial charge on any atom is 0.237 e. The van der Waals surface area contributed by atoms with Crippen LogP contribution >= 0.6 is 23.2 Å². The number of halogens is 2. The van der Waals surface area contributed by atoms with E-state index in [4.69, 9.17) is 37.9 Å². The molecule has 1 aliphatic heterocycles. The summed E-state index contributed by atoms with van der Waals surface area (Å²) in [7, 11) is 0. The molecule has 0 spiro atoms. The van der Waals surface area contributed by atoms with Crippen LogP contribution in [0.1, 0.15) is 20.8 Å². The molecule has 0 fully saturated rings. The average Bonchev–Trinajstić information content (AvgIpc) is 2.85. The molecule has 1 N–H and O–H groups in total. The SMILES string of the molecule is CCOc1ncccc1Nc1cc2nc3ccccc3n(-c3ccc(Cl)cc3Cl)c-2cc1=NC(C)C. The number of hydrogen-bond donors (Lipinski definition) is 1. The molecule has 36 heavy (non-hydrogen) atoms. The molecular weight excluding hydrogens is 493 g/mol. The minimum absolute atomic E-state index is 0.0734. The van der Waals surface area contributed by atoms with E-state index < -0.39 is 0 Å². The summed E-state index contributed by atoms with van der Waals surface area (Å²) in [6, 6.07) is 21.4.